The summed E-state index contributed by atoms with van der Waals surface area (Å²) in [6, 6.07) is 10.1. The highest BCUT2D eigenvalue weighted by molar-refractivity contribution is 5.31. The number of hydrogen-bond acceptors (Lipinski definition) is 3. The van der Waals surface area contributed by atoms with E-state index in [0.29, 0.717) is 5.69 Å². The van der Waals surface area contributed by atoms with Crippen LogP contribution in [0, 0.1) is 11.3 Å². The molecule has 0 aliphatic carbocycles. The summed E-state index contributed by atoms with van der Waals surface area (Å²) < 4.78 is 7.09. The van der Waals surface area contributed by atoms with Gasteiger partial charge in [-0.3, -0.25) is 0 Å². The first-order valence-electron chi connectivity index (χ1n) is 5.78. The Bertz CT molecular complexity index is 581. The van der Waals surface area contributed by atoms with Crippen LogP contribution < -0.4 is 4.74 Å². The number of hydrogen-bond donors (Lipinski definition) is 0. The molecule has 92 valence electrons. The van der Waals surface area contributed by atoms with Crippen molar-refractivity contribution in [2.24, 2.45) is 7.05 Å². The summed E-state index contributed by atoms with van der Waals surface area (Å²) in [4.78, 5) is 4.06. The van der Waals surface area contributed by atoms with Crippen LogP contribution in [0.3, 0.4) is 0 Å². The van der Waals surface area contributed by atoms with Gasteiger partial charge >= 0.3 is 0 Å². The van der Waals surface area contributed by atoms with Crippen molar-refractivity contribution < 1.29 is 4.74 Å². The first-order chi connectivity index (χ1) is 8.74. The van der Waals surface area contributed by atoms with Gasteiger partial charge in [0.25, 0.3) is 0 Å². The molecule has 0 amide bonds. The number of benzene rings is 1. The number of aryl methyl sites for hydroxylation is 2. The van der Waals surface area contributed by atoms with Gasteiger partial charge in [-0.25, -0.2) is 4.98 Å². The van der Waals surface area contributed by atoms with Crippen molar-refractivity contribution in [3.05, 3.63) is 47.5 Å². The molecule has 0 spiro atoms. The molecule has 0 saturated heterocycles. The first-order valence-corrected chi connectivity index (χ1v) is 5.78. The fourth-order valence-electron chi connectivity index (χ4n) is 1.93. The minimum Gasteiger partial charge on any atom is -0.497 e. The molecule has 0 saturated carbocycles. The van der Waals surface area contributed by atoms with Gasteiger partial charge in [-0.15, -0.1) is 0 Å². The van der Waals surface area contributed by atoms with Crippen molar-refractivity contribution in [3.63, 3.8) is 0 Å². The highest BCUT2D eigenvalue weighted by atomic mass is 16.5. The lowest BCUT2D eigenvalue weighted by atomic mass is 10.1. The zero-order chi connectivity index (χ0) is 13.0. The number of rotatable bonds is 4. The fourth-order valence-corrected chi connectivity index (χ4v) is 1.93. The van der Waals surface area contributed by atoms with Crippen LogP contribution in [-0.4, -0.2) is 16.7 Å². The van der Waals surface area contributed by atoms with E-state index in [2.05, 4.69) is 17.1 Å². The number of nitrogens with zero attached hydrogens (tertiary/aromatic N) is 3. The van der Waals surface area contributed by atoms with Gasteiger partial charge in [-0.1, -0.05) is 12.1 Å². The Morgan fingerprint density at radius 1 is 1.39 bits per heavy atom. The van der Waals surface area contributed by atoms with Gasteiger partial charge < -0.3 is 9.30 Å². The minimum absolute atomic E-state index is 0.514. The Labute approximate surface area is 106 Å². The molecule has 4 heteroatoms. The van der Waals surface area contributed by atoms with E-state index in [0.717, 1.165) is 24.3 Å². The van der Waals surface area contributed by atoms with Crippen LogP contribution in [0.5, 0.6) is 5.75 Å². The average molecular weight is 241 g/mol. The van der Waals surface area contributed by atoms with Gasteiger partial charge in [-0.2, -0.15) is 5.26 Å². The number of nitriles is 1. The van der Waals surface area contributed by atoms with Crippen molar-refractivity contribution in [1.82, 2.24) is 9.55 Å². The van der Waals surface area contributed by atoms with Gasteiger partial charge in [-0.05, 0) is 30.5 Å². The Morgan fingerprint density at radius 2 is 2.22 bits per heavy atom. The van der Waals surface area contributed by atoms with Crippen LogP contribution in [0.15, 0.2) is 30.6 Å². The van der Waals surface area contributed by atoms with Gasteiger partial charge in [0.15, 0.2) is 5.69 Å². The summed E-state index contributed by atoms with van der Waals surface area (Å²) in [5, 5.41) is 8.97. The predicted octanol–water partition coefficient (Wildman–Crippen LogP) is 2.09. The van der Waals surface area contributed by atoms with Crippen molar-refractivity contribution in [3.8, 4) is 11.8 Å². The summed E-state index contributed by atoms with van der Waals surface area (Å²) in [6.45, 7) is 0. The molecule has 2 rings (SSSR count). The summed E-state index contributed by atoms with van der Waals surface area (Å²) in [7, 11) is 3.57. The van der Waals surface area contributed by atoms with E-state index in [9.17, 15) is 0 Å². The molecule has 0 aliphatic heterocycles. The molecule has 2 aromatic rings. The third-order valence-corrected chi connectivity index (χ3v) is 2.95. The number of methoxy groups -OCH3 is 1. The number of imidazole rings is 1. The molecular weight excluding hydrogens is 226 g/mol. The highest BCUT2D eigenvalue weighted by Gasteiger charge is 2.08. The molecular formula is C14H15N3O. The molecule has 0 atom stereocenters. The van der Waals surface area contributed by atoms with E-state index in [1.165, 1.54) is 5.56 Å². The quantitative estimate of drug-likeness (QED) is 0.823. The van der Waals surface area contributed by atoms with Crippen molar-refractivity contribution in [1.29, 1.82) is 5.26 Å². The Hall–Kier alpha value is -2.28. The van der Waals surface area contributed by atoms with Crippen LogP contribution in [0.4, 0.5) is 0 Å². The molecule has 1 heterocycles. The number of ether oxygens (including phenoxy) is 1. The van der Waals surface area contributed by atoms with Crippen LogP contribution >= 0.6 is 0 Å². The van der Waals surface area contributed by atoms with E-state index in [1.54, 1.807) is 13.4 Å². The standard InChI is InChI=1S/C14H15N3O/c1-17-10-16-13(9-15)14(17)7-6-11-4-3-5-12(8-11)18-2/h3-5,8,10H,6-7H2,1-2H3. The molecule has 0 fully saturated rings. The SMILES string of the molecule is COc1cccc(CCc2c(C#N)ncn2C)c1. The number of aromatic nitrogens is 2. The van der Waals surface area contributed by atoms with Crippen LogP contribution in [0.1, 0.15) is 17.0 Å². The maximum atomic E-state index is 8.97. The van der Waals surface area contributed by atoms with E-state index < -0.39 is 0 Å². The Balaban J connectivity index is 2.11. The minimum atomic E-state index is 0.514. The first kappa shape index (κ1) is 12.2. The molecule has 1 aromatic carbocycles. The summed E-state index contributed by atoms with van der Waals surface area (Å²) in [6.07, 6.45) is 3.34. The molecule has 0 bridgehead atoms. The topological polar surface area (TPSA) is 50.8 Å². The smallest absolute Gasteiger partial charge is 0.161 e. The van der Waals surface area contributed by atoms with Crippen LogP contribution in [0.25, 0.3) is 0 Å². The maximum Gasteiger partial charge on any atom is 0.161 e. The molecule has 0 aliphatic rings. The average Bonchev–Trinajstić information content (AvgIpc) is 2.77. The third-order valence-electron chi connectivity index (χ3n) is 2.95. The largest absolute Gasteiger partial charge is 0.497 e. The highest BCUT2D eigenvalue weighted by Crippen LogP contribution is 2.15. The summed E-state index contributed by atoms with van der Waals surface area (Å²) in [5.41, 5.74) is 2.68. The second-order valence-corrected chi connectivity index (χ2v) is 4.11. The van der Waals surface area contributed by atoms with Gasteiger partial charge in [0.2, 0.25) is 0 Å². The lowest BCUT2D eigenvalue weighted by Gasteiger charge is -2.05. The monoisotopic (exact) mass is 241 g/mol. The normalized spacial score (nSPS) is 10.1. The molecule has 4 nitrogen and oxygen atoms in total. The van der Waals surface area contributed by atoms with Crippen LogP contribution in [-0.2, 0) is 19.9 Å². The van der Waals surface area contributed by atoms with Gasteiger partial charge in [0.05, 0.1) is 19.1 Å². The second-order valence-electron chi connectivity index (χ2n) is 4.11. The summed E-state index contributed by atoms with van der Waals surface area (Å²) >= 11 is 0. The van der Waals surface area contributed by atoms with Crippen molar-refractivity contribution >= 4 is 0 Å². The Morgan fingerprint density at radius 3 is 2.94 bits per heavy atom. The predicted molar refractivity (Wildman–Crippen MR) is 68.3 cm³/mol. The van der Waals surface area contributed by atoms with Gasteiger partial charge in [0.1, 0.15) is 11.8 Å². The molecule has 1 aromatic heterocycles. The van der Waals surface area contributed by atoms with Gasteiger partial charge in [0, 0.05) is 7.05 Å². The molecule has 18 heavy (non-hydrogen) atoms. The lowest BCUT2D eigenvalue weighted by molar-refractivity contribution is 0.414. The van der Waals surface area contributed by atoms with E-state index in [4.69, 9.17) is 10.00 Å². The van der Waals surface area contributed by atoms with E-state index in [1.807, 2.05) is 29.8 Å². The lowest BCUT2D eigenvalue weighted by Crippen LogP contribution is -2.00. The second kappa shape index (κ2) is 5.37. The van der Waals surface area contributed by atoms with Crippen molar-refractivity contribution in [2.75, 3.05) is 7.11 Å². The van der Waals surface area contributed by atoms with Crippen LogP contribution in [0.2, 0.25) is 0 Å². The molecule has 0 unspecified atom stereocenters. The van der Waals surface area contributed by atoms with Crippen molar-refractivity contribution in [2.45, 2.75) is 12.8 Å². The molecule has 0 radical (unpaired) electrons. The van der Waals surface area contributed by atoms with E-state index >= 15 is 0 Å². The Kier molecular flexibility index (Phi) is 3.63. The van der Waals surface area contributed by atoms with E-state index in [-0.39, 0.29) is 0 Å². The summed E-state index contributed by atoms with van der Waals surface area (Å²) in [5.74, 6) is 0.859. The third kappa shape index (κ3) is 2.51. The maximum absolute atomic E-state index is 8.97. The fraction of sp³-hybridized carbons (Fsp3) is 0.286. The zero-order valence-electron chi connectivity index (χ0n) is 10.6. The molecule has 0 N–H and O–H groups in total. The zero-order valence-corrected chi connectivity index (χ0v) is 10.6.